The first-order valence-electron chi connectivity index (χ1n) is 21.1. The lowest BCUT2D eigenvalue weighted by Crippen LogP contribution is -2.59. The Kier molecular flexibility index (Phi) is 12.2. The predicted octanol–water partition coefficient (Wildman–Crippen LogP) is 5.39. The van der Waals surface area contributed by atoms with Crippen LogP contribution in [0.2, 0.25) is 0 Å². The number of carbonyl (C=O) groups is 4. The van der Waals surface area contributed by atoms with Crippen molar-refractivity contribution in [2.24, 2.45) is 11.8 Å². The first-order chi connectivity index (χ1) is 30.3. The number of rotatable bonds is 15. The molecule has 2 unspecified atom stereocenters. The van der Waals surface area contributed by atoms with Gasteiger partial charge in [0.25, 0.3) is 5.91 Å². The van der Waals surface area contributed by atoms with Crippen molar-refractivity contribution < 1.29 is 51.3 Å². The summed E-state index contributed by atoms with van der Waals surface area (Å²) in [5.41, 5.74) is 0.664. The summed E-state index contributed by atoms with van der Waals surface area (Å²) in [6.07, 6.45) is 3.18. The lowest BCUT2D eigenvalue weighted by Gasteiger charge is -2.31. The second-order valence-corrected chi connectivity index (χ2v) is 18.5. The number of hydrogen-bond donors (Lipinski definition) is 3. The Labute approximate surface area is 365 Å². The number of nitrogens with one attached hydrogen (secondary N) is 3. The van der Waals surface area contributed by atoms with Gasteiger partial charge in [-0.15, -0.1) is 6.58 Å². The van der Waals surface area contributed by atoms with E-state index in [0.29, 0.717) is 45.2 Å². The first-order valence-corrected chi connectivity index (χ1v) is 22.8. The maximum Gasteiger partial charge on any atom is 0.408 e. The van der Waals surface area contributed by atoms with E-state index in [-0.39, 0.29) is 32.3 Å². The zero-order chi connectivity index (χ0) is 44.5. The summed E-state index contributed by atoms with van der Waals surface area (Å²) in [5.74, 6) is -1.45. The van der Waals surface area contributed by atoms with E-state index in [1.54, 1.807) is 75.6 Å². The van der Waals surface area contributed by atoms with E-state index in [2.05, 4.69) is 21.9 Å². The molecular formula is C46H51N5O11S. The van der Waals surface area contributed by atoms with Gasteiger partial charge in [0.15, 0.2) is 11.5 Å². The Morgan fingerprint density at radius 1 is 0.984 bits per heavy atom. The normalized spacial score (nSPS) is 22.0. The fourth-order valence-corrected chi connectivity index (χ4v) is 9.74. The van der Waals surface area contributed by atoms with Crippen LogP contribution in [0, 0.1) is 11.8 Å². The molecule has 17 heteroatoms. The Morgan fingerprint density at radius 2 is 1.75 bits per heavy atom. The van der Waals surface area contributed by atoms with Crippen molar-refractivity contribution in [2.45, 2.75) is 88.0 Å². The fraction of sp³-hybridized carbons (Fsp3) is 0.413. The zero-order valence-electron chi connectivity index (χ0n) is 35.3. The molecule has 0 bridgehead atoms. The summed E-state index contributed by atoms with van der Waals surface area (Å²) >= 11 is 0. The lowest BCUT2D eigenvalue weighted by atomic mass is 10.0. The van der Waals surface area contributed by atoms with E-state index in [4.69, 9.17) is 28.7 Å². The van der Waals surface area contributed by atoms with Crippen LogP contribution in [0.5, 0.6) is 23.0 Å². The molecule has 63 heavy (non-hydrogen) atoms. The zero-order valence-corrected chi connectivity index (χ0v) is 36.2. The third-order valence-electron chi connectivity index (χ3n) is 12.1. The van der Waals surface area contributed by atoms with Gasteiger partial charge in [0.05, 0.1) is 30.6 Å². The molecule has 4 aliphatic rings. The number of ether oxygens (including phenoxy) is 5. The molecule has 3 heterocycles. The molecule has 1 aromatic heterocycles. The largest absolute Gasteiger partial charge is 0.497 e. The average molecular weight is 882 g/mol. The van der Waals surface area contributed by atoms with Crippen molar-refractivity contribution in [3.05, 3.63) is 91.0 Å². The maximum atomic E-state index is 14.7. The van der Waals surface area contributed by atoms with Crippen LogP contribution >= 0.6 is 0 Å². The molecule has 8 rings (SSSR count). The quantitative estimate of drug-likeness (QED) is 0.129. The number of pyridine rings is 1. The van der Waals surface area contributed by atoms with Gasteiger partial charge in [-0.3, -0.25) is 19.1 Å². The van der Waals surface area contributed by atoms with Gasteiger partial charge < -0.3 is 39.2 Å². The van der Waals surface area contributed by atoms with Crippen LogP contribution in [-0.2, 0) is 34.9 Å². The Hall–Kier alpha value is -6.36. The smallest absolute Gasteiger partial charge is 0.408 e. The molecule has 0 radical (unpaired) electrons. The summed E-state index contributed by atoms with van der Waals surface area (Å²) in [6.45, 7) is 7.40. The van der Waals surface area contributed by atoms with Crippen molar-refractivity contribution in [3.63, 3.8) is 0 Å². The fourth-order valence-electron chi connectivity index (χ4n) is 8.57. The molecule has 2 aliphatic carbocycles. The van der Waals surface area contributed by atoms with E-state index in [9.17, 15) is 27.6 Å². The van der Waals surface area contributed by atoms with Gasteiger partial charge in [0.1, 0.15) is 41.3 Å². The SMILES string of the molecule is C=CC1CC1(NC(=O)[C@@H]1C[C@@H](Oc2cc(-c3ccc4c(c3)OCO4)nc3cc(OC)ccc23)CN1C(=O)[C@@H](NC(=O)OC1CCCC1)C(C)C)C(=O)NS(=O)(=O)Cc1ccccc1. The second-order valence-electron chi connectivity index (χ2n) is 16.8. The summed E-state index contributed by atoms with van der Waals surface area (Å²) in [6, 6.07) is 18.7. The monoisotopic (exact) mass is 881 g/mol. The Bertz CT molecular complexity index is 2530. The number of fused-ring (bicyclic) bond motifs is 2. The third kappa shape index (κ3) is 9.38. The minimum atomic E-state index is -4.17. The average Bonchev–Trinajstić information content (AvgIpc) is 3.68. The Morgan fingerprint density at radius 3 is 2.46 bits per heavy atom. The summed E-state index contributed by atoms with van der Waals surface area (Å²) in [7, 11) is -2.61. The molecule has 3 fully saturated rings. The third-order valence-corrected chi connectivity index (χ3v) is 13.3. The van der Waals surface area contributed by atoms with Crippen molar-refractivity contribution in [1.29, 1.82) is 0 Å². The number of aromatic nitrogens is 1. The topological polar surface area (TPSA) is 201 Å². The number of benzene rings is 3. The van der Waals surface area contributed by atoms with Crippen LogP contribution in [0.15, 0.2) is 85.5 Å². The maximum absolute atomic E-state index is 14.7. The van der Waals surface area contributed by atoms with Gasteiger partial charge in [-0.05, 0) is 73.9 Å². The molecule has 1 saturated heterocycles. The molecule has 4 amide bonds. The molecule has 3 N–H and O–H groups in total. The van der Waals surface area contributed by atoms with E-state index in [1.807, 2.05) is 18.2 Å². The number of hydrogen-bond acceptors (Lipinski definition) is 12. The number of sulfonamides is 1. The molecule has 16 nitrogen and oxygen atoms in total. The van der Waals surface area contributed by atoms with Crippen LogP contribution in [0.1, 0.15) is 57.9 Å². The van der Waals surface area contributed by atoms with Gasteiger partial charge in [-0.25, -0.2) is 18.2 Å². The number of amides is 4. The van der Waals surface area contributed by atoms with Crippen LogP contribution in [0.3, 0.4) is 0 Å². The highest BCUT2D eigenvalue weighted by atomic mass is 32.2. The van der Waals surface area contributed by atoms with Crippen molar-refractivity contribution in [3.8, 4) is 34.3 Å². The summed E-state index contributed by atoms with van der Waals surface area (Å²) in [5, 5.41) is 6.22. The lowest BCUT2D eigenvalue weighted by molar-refractivity contribution is -0.141. The second kappa shape index (κ2) is 17.8. The van der Waals surface area contributed by atoms with Gasteiger partial charge >= 0.3 is 6.09 Å². The van der Waals surface area contributed by atoms with Crippen LogP contribution in [0.4, 0.5) is 4.79 Å². The van der Waals surface area contributed by atoms with Crippen molar-refractivity contribution in [1.82, 2.24) is 25.2 Å². The molecule has 2 saturated carbocycles. The van der Waals surface area contributed by atoms with Crippen molar-refractivity contribution in [2.75, 3.05) is 20.4 Å². The van der Waals surface area contributed by atoms with Crippen LogP contribution in [-0.4, -0.2) is 92.4 Å². The number of nitrogens with zero attached hydrogens (tertiary/aromatic N) is 2. The van der Waals surface area contributed by atoms with E-state index in [1.165, 1.54) is 11.0 Å². The van der Waals surface area contributed by atoms with Gasteiger partial charge in [-0.2, -0.15) is 0 Å². The van der Waals surface area contributed by atoms with E-state index < -0.39 is 75.2 Å². The minimum Gasteiger partial charge on any atom is -0.497 e. The van der Waals surface area contributed by atoms with Crippen molar-refractivity contribution >= 4 is 44.7 Å². The summed E-state index contributed by atoms with van der Waals surface area (Å²) < 4.78 is 57.6. The highest BCUT2D eigenvalue weighted by Gasteiger charge is 2.61. The highest BCUT2D eigenvalue weighted by Crippen LogP contribution is 2.45. The van der Waals surface area contributed by atoms with Gasteiger partial charge in [0.2, 0.25) is 28.6 Å². The van der Waals surface area contributed by atoms with E-state index in [0.717, 1.165) is 31.2 Å². The Balaban J connectivity index is 1.09. The highest BCUT2D eigenvalue weighted by molar-refractivity contribution is 7.89. The molecule has 4 aromatic rings. The summed E-state index contributed by atoms with van der Waals surface area (Å²) in [4.78, 5) is 62.6. The first kappa shape index (κ1) is 43.3. The van der Waals surface area contributed by atoms with Gasteiger partial charge in [-0.1, -0.05) is 50.3 Å². The molecule has 0 spiro atoms. The minimum absolute atomic E-state index is 0.0169. The molecular weight excluding hydrogens is 831 g/mol. The van der Waals surface area contributed by atoms with Gasteiger partial charge in [0, 0.05) is 35.4 Å². The number of likely N-dealkylation sites (tertiary alicyclic amines) is 1. The predicted molar refractivity (Wildman–Crippen MR) is 231 cm³/mol. The molecule has 332 valence electrons. The molecule has 2 aliphatic heterocycles. The number of carbonyl (C=O) groups excluding carboxylic acids is 4. The van der Waals surface area contributed by atoms with E-state index >= 15 is 0 Å². The number of methoxy groups -OCH3 is 1. The number of alkyl carbamates (subject to hydrolysis) is 1. The van der Waals surface area contributed by atoms with Crippen LogP contribution in [0.25, 0.3) is 22.2 Å². The van der Waals surface area contributed by atoms with Crippen LogP contribution < -0.4 is 34.3 Å². The molecule has 5 atom stereocenters. The molecule has 3 aromatic carbocycles. The standard InChI is InChI=1S/C46H51N5O11S/c1-5-30-23-46(30,44(54)50-63(56,57)25-28-11-7-6-8-12-28)49-42(52)37-21-33(24-51(37)43(53)41(27(2)3)48-45(55)62-31-13-9-10-14-31)61-39-22-35(29-15-18-38-40(19-29)60-26-59-38)47-36-20-32(58-4)16-17-34(36)39/h5-8,11-12,15-20,22,27,30-31,33,37,41H,1,9-10,13-14,21,23-26H2,2-4H3,(H,48,55)(H,49,52)(H,50,54)/t30?,33-,37+,41+,46?/m1/s1.